The van der Waals surface area contributed by atoms with Crippen molar-refractivity contribution in [2.75, 3.05) is 6.54 Å². The molecule has 7 heteroatoms. The number of benzene rings is 2. The predicted octanol–water partition coefficient (Wildman–Crippen LogP) is 4.58. The first-order valence-electron chi connectivity index (χ1n) is 9.28. The average Bonchev–Trinajstić information content (AvgIpc) is 2.97. The van der Waals surface area contributed by atoms with Crippen molar-refractivity contribution >= 4 is 40.6 Å². The Kier molecular flexibility index (Phi) is 6.39. The normalized spacial score (nSPS) is 16.8. The number of likely N-dealkylation sites (N-methyl/N-ethyl adjacent to an activating group) is 1. The maximum atomic E-state index is 12.7. The Hall–Kier alpha value is -3.06. The van der Waals surface area contributed by atoms with Crippen molar-refractivity contribution in [1.29, 1.82) is 0 Å². The molecule has 0 aromatic heterocycles. The summed E-state index contributed by atoms with van der Waals surface area (Å²) in [5.41, 5.74) is 1.53. The van der Waals surface area contributed by atoms with Crippen molar-refractivity contribution in [2.45, 2.75) is 26.9 Å². The molecule has 0 unspecified atom stereocenters. The fourth-order valence-corrected chi connectivity index (χ4v) is 3.77. The molecule has 0 aliphatic carbocycles. The topological polar surface area (TPSA) is 79.2 Å². The molecule has 3 rings (SSSR count). The third kappa shape index (κ3) is 4.86. The second-order valence-corrected chi connectivity index (χ2v) is 7.63. The van der Waals surface area contributed by atoms with Crippen LogP contribution < -0.4 is 0 Å². The number of esters is 1. The van der Waals surface area contributed by atoms with Gasteiger partial charge in [-0.1, -0.05) is 24.3 Å². The lowest BCUT2D eigenvalue weighted by Crippen LogP contribution is -2.28. The Bertz CT molecular complexity index is 998. The van der Waals surface area contributed by atoms with Crippen molar-refractivity contribution in [3.63, 3.8) is 0 Å². The van der Waals surface area contributed by atoms with E-state index in [0.29, 0.717) is 33.4 Å². The molecule has 2 aromatic rings. The van der Waals surface area contributed by atoms with E-state index in [1.807, 2.05) is 6.92 Å². The second-order valence-electron chi connectivity index (χ2n) is 6.62. The molecule has 0 saturated carbocycles. The zero-order valence-corrected chi connectivity index (χ0v) is 17.3. The molecule has 1 N–H and O–H groups in total. The van der Waals surface area contributed by atoms with E-state index in [1.54, 1.807) is 73.4 Å². The minimum Gasteiger partial charge on any atom is -0.507 e. The first kappa shape index (κ1) is 20.7. The third-order valence-electron chi connectivity index (χ3n) is 4.08. The Morgan fingerprint density at radius 2 is 2.00 bits per heavy atom. The van der Waals surface area contributed by atoms with Gasteiger partial charge >= 0.3 is 5.97 Å². The van der Waals surface area contributed by atoms with Crippen LogP contribution >= 0.6 is 11.8 Å². The Morgan fingerprint density at radius 1 is 1.24 bits per heavy atom. The van der Waals surface area contributed by atoms with Crippen molar-refractivity contribution in [3.8, 4) is 5.75 Å². The van der Waals surface area contributed by atoms with Crippen LogP contribution in [0, 0.1) is 0 Å². The fraction of sp³-hybridized carbons (Fsp3) is 0.227. The molecule has 1 saturated heterocycles. The molecule has 2 aromatic carbocycles. The van der Waals surface area contributed by atoms with Gasteiger partial charge in [0.15, 0.2) is 5.17 Å². The van der Waals surface area contributed by atoms with Crippen LogP contribution in [-0.4, -0.2) is 39.7 Å². The minimum absolute atomic E-state index is 0.109. The van der Waals surface area contributed by atoms with Gasteiger partial charge in [0, 0.05) is 12.1 Å². The number of hydrogen-bond acceptors (Lipinski definition) is 6. The van der Waals surface area contributed by atoms with Crippen LogP contribution in [0.15, 0.2) is 58.4 Å². The lowest BCUT2D eigenvalue weighted by Gasteiger charge is -2.12. The number of amides is 1. The molecule has 0 radical (unpaired) electrons. The largest absolute Gasteiger partial charge is 0.507 e. The predicted molar refractivity (Wildman–Crippen MR) is 115 cm³/mol. The lowest BCUT2D eigenvalue weighted by molar-refractivity contribution is -0.122. The first-order chi connectivity index (χ1) is 13.9. The molecular formula is C22H22N2O4S. The highest BCUT2D eigenvalue weighted by molar-refractivity contribution is 8.18. The number of amidine groups is 1. The molecule has 29 heavy (non-hydrogen) atoms. The van der Waals surface area contributed by atoms with E-state index in [1.165, 1.54) is 11.8 Å². The molecule has 0 bridgehead atoms. The standard InChI is InChI=1S/C22H22N2O4S/c1-4-24-20(26)19(13-15-8-5-6-11-18(15)25)29-22(24)23-17-10-7-9-16(12-17)21(27)28-14(2)3/h5-14,25H,4H2,1-3H3/b19-13+,23-22?. The number of aromatic hydroxyl groups is 1. The van der Waals surface area contributed by atoms with Crippen LogP contribution in [0.3, 0.4) is 0 Å². The number of para-hydroxylation sites is 1. The summed E-state index contributed by atoms with van der Waals surface area (Å²) in [5, 5.41) is 10.5. The van der Waals surface area contributed by atoms with Gasteiger partial charge in [0.05, 0.1) is 22.3 Å². The van der Waals surface area contributed by atoms with Crippen molar-refractivity contribution in [2.24, 2.45) is 4.99 Å². The molecular weight excluding hydrogens is 388 g/mol. The van der Waals surface area contributed by atoms with E-state index in [4.69, 9.17) is 4.74 Å². The van der Waals surface area contributed by atoms with Gasteiger partial charge in [0.1, 0.15) is 5.75 Å². The Balaban J connectivity index is 1.90. The van der Waals surface area contributed by atoms with Crippen LogP contribution in [0.1, 0.15) is 36.7 Å². The van der Waals surface area contributed by atoms with Gasteiger partial charge in [-0.2, -0.15) is 0 Å². The monoisotopic (exact) mass is 410 g/mol. The van der Waals surface area contributed by atoms with E-state index in [-0.39, 0.29) is 17.8 Å². The van der Waals surface area contributed by atoms with E-state index < -0.39 is 5.97 Å². The molecule has 150 valence electrons. The van der Waals surface area contributed by atoms with E-state index in [9.17, 15) is 14.7 Å². The summed E-state index contributed by atoms with van der Waals surface area (Å²) >= 11 is 1.23. The maximum absolute atomic E-state index is 12.7. The van der Waals surface area contributed by atoms with Gasteiger partial charge in [0.2, 0.25) is 0 Å². The molecule has 0 atom stereocenters. The molecule has 0 spiro atoms. The van der Waals surface area contributed by atoms with Gasteiger partial charge in [-0.25, -0.2) is 9.79 Å². The second kappa shape index (κ2) is 8.96. The molecule has 1 amide bonds. The van der Waals surface area contributed by atoms with Crippen molar-refractivity contribution in [1.82, 2.24) is 4.90 Å². The molecule has 1 aliphatic rings. The number of rotatable bonds is 5. The summed E-state index contributed by atoms with van der Waals surface area (Å²) in [5.74, 6) is -0.474. The van der Waals surface area contributed by atoms with Crippen molar-refractivity contribution in [3.05, 3.63) is 64.6 Å². The van der Waals surface area contributed by atoms with Crippen LogP contribution in [0.5, 0.6) is 5.75 Å². The van der Waals surface area contributed by atoms with Gasteiger partial charge < -0.3 is 9.84 Å². The number of phenols is 1. The summed E-state index contributed by atoms with van der Waals surface area (Å²) in [6.45, 7) is 5.91. The van der Waals surface area contributed by atoms with Gasteiger partial charge in [-0.3, -0.25) is 9.69 Å². The summed E-state index contributed by atoms with van der Waals surface area (Å²) in [6.07, 6.45) is 1.45. The SMILES string of the molecule is CCN1C(=O)/C(=C\c2ccccc2O)SC1=Nc1cccc(C(=O)OC(C)C)c1. The number of thioether (sulfide) groups is 1. The van der Waals surface area contributed by atoms with Crippen LogP contribution in [0.25, 0.3) is 6.08 Å². The highest BCUT2D eigenvalue weighted by atomic mass is 32.2. The Morgan fingerprint density at radius 3 is 2.69 bits per heavy atom. The van der Waals surface area contributed by atoms with Crippen molar-refractivity contribution < 1.29 is 19.4 Å². The first-order valence-corrected chi connectivity index (χ1v) is 10.1. The van der Waals surface area contributed by atoms with E-state index in [2.05, 4.69) is 4.99 Å². The number of carbonyl (C=O) groups is 2. The van der Waals surface area contributed by atoms with Gasteiger partial charge in [-0.05, 0) is 62.9 Å². The molecule has 1 fully saturated rings. The lowest BCUT2D eigenvalue weighted by atomic mass is 10.2. The minimum atomic E-state index is -0.412. The van der Waals surface area contributed by atoms with E-state index >= 15 is 0 Å². The van der Waals surface area contributed by atoms with Gasteiger partial charge in [-0.15, -0.1) is 0 Å². The highest BCUT2D eigenvalue weighted by Gasteiger charge is 2.32. The number of nitrogens with zero attached hydrogens (tertiary/aromatic N) is 2. The third-order valence-corrected chi connectivity index (χ3v) is 5.08. The molecule has 1 heterocycles. The quantitative estimate of drug-likeness (QED) is 0.576. The van der Waals surface area contributed by atoms with Crippen LogP contribution in [0.2, 0.25) is 0 Å². The maximum Gasteiger partial charge on any atom is 0.338 e. The smallest absolute Gasteiger partial charge is 0.338 e. The number of aliphatic imine (C=N–C) groups is 1. The number of hydrogen-bond donors (Lipinski definition) is 1. The zero-order chi connectivity index (χ0) is 21.0. The summed E-state index contributed by atoms with van der Waals surface area (Å²) in [6, 6.07) is 13.6. The number of ether oxygens (including phenoxy) is 1. The van der Waals surface area contributed by atoms with Gasteiger partial charge in [0.25, 0.3) is 5.91 Å². The molecule has 1 aliphatic heterocycles. The van der Waals surface area contributed by atoms with Crippen LogP contribution in [0.4, 0.5) is 5.69 Å². The van der Waals surface area contributed by atoms with Crippen LogP contribution in [-0.2, 0) is 9.53 Å². The fourth-order valence-electron chi connectivity index (χ4n) is 2.72. The Labute approximate surface area is 173 Å². The average molecular weight is 410 g/mol. The summed E-state index contributed by atoms with van der Waals surface area (Å²) in [7, 11) is 0. The highest BCUT2D eigenvalue weighted by Crippen LogP contribution is 2.35. The number of phenolic OH excluding ortho intramolecular Hbond substituents is 1. The summed E-state index contributed by atoms with van der Waals surface area (Å²) < 4.78 is 5.23. The summed E-state index contributed by atoms with van der Waals surface area (Å²) in [4.78, 5) is 31.5. The molecule has 6 nitrogen and oxygen atoms in total. The zero-order valence-electron chi connectivity index (χ0n) is 16.5. The van der Waals surface area contributed by atoms with E-state index in [0.717, 1.165) is 0 Å². The number of carbonyl (C=O) groups excluding carboxylic acids is 2.